The van der Waals surface area contributed by atoms with E-state index in [0.29, 0.717) is 19.5 Å². The summed E-state index contributed by atoms with van der Waals surface area (Å²) in [4.78, 5) is 54.4. The van der Waals surface area contributed by atoms with Gasteiger partial charge >= 0.3 is 12.0 Å². The first-order valence-electron chi connectivity index (χ1n) is 12.5. The fraction of sp³-hybridized carbons (Fsp3) is 0.407. The second-order valence-corrected chi connectivity index (χ2v) is 9.42. The van der Waals surface area contributed by atoms with Crippen LogP contribution in [-0.2, 0) is 27.3 Å². The molecule has 1 unspecified atom stereocenters. The summed E-state index contributed by atoms with van der Waals surface area (Å²) in [6, 6.07) is 15.6. The first kappa shape index (κ1) is 26.9. The number of piperazine rings is 1. The molecule has 2 saturated heterocycles. The second-order valence-electron chi connectivity index (χ2n) is 9.42. The van der Waals surface area contributed by atoms with Crippen molar-refractivity contribution >= 4 is 23.8 Å². The zero-order valence-corrected chi connectivity index (χ0v) is 21.6. The van der Waals surface area contributed by atoms with Crippen LogP contribution in [0.5, 0.6) is 5.75 Å². The summed E-state index contributed by atoms with van der Waals surface area (Å²) in [5.74, 6) is -0.946. The molecule has 0 spiro atoms. The van der Waals surface area contributed by atoms with E-state index in [1.165, 1.54) is 9.91 Å². The van der Waals surface area contributed by atoms with Gasteiger partial charge in [0.05, 0.1) is 20.2 Å². The number of nitrogens with zero attached hydrogens (tertiary/aromatic N) is 4. The maximum absolute atomic E-state index is 13.5. The van der Waals surface area contributed by atoms with Gasteiger partial charge in [0.25, 0.3) is 0 Å². The number of aliphatic carboxylic acids is 1. The van der Waals surface area contributed by atoms with Gasteiger partial charge in [0.2, 0.25) is 11.8 Å². The van der Waals surface area contributed by atoms with Crippen molar-refractivity contribution in [3.05, 3.63) is 65.7 Å². The van der Waals surface area contributed by atoms with E-state index in [0.717, 1.165) is 16.9 Å². The van der Waals surface area contributed by atoms with E-state index in [-0.39, 0.29) is 37.7 Å². The minimum atomic E-state index is -1.05. The number of carboxylic acid groups (broad SMARTS) is 1. The lowest BCUT2D eigenvalue weighted by Gasteiger charge is -2.54. The average molecular weight is 524 g/mol. The van der Waals surface area contributed by atoms with Gasteiger partial charge in [-0.1, -0.05) is 42.5 Å². The second kappa shape index (κ2) is 12.0. The van der Waals surface area contributed by atoms with Crippen LogP contribution in [0.25, 0.3) is 0 Å². The van der Waals surface area contributed by atoms with Crippen molar-refractivity contribution in [3.8, 4) is 5.75 Å². The third kappa shape index (κ3) is 6.05. The molecule has 11 heteroatoms. The van der Waals surface area contributed by atoms with E-state index in [1.807, 2.05) is 54.6 Å². The number of amides is 4. The Hall–Kier alpha value is -4.12. The molecule has 2 aromatic carbocycles. The van der Waals surface area contributed by atoms with Gasteiger partial charge in [-0.3, -0.25) is 14.4 Å². The summed E-state index contributed by atoms with van der Waals surface area (Å²) >= 11 is 0. The van der Waals surface area contributed by atoms with Crippen molar-refractivity contribution in [2.24, 2.45) is 0 Å². The van der Waals surface area contributed by atoms with E-state index in [1.54, 1.807) is 24.1 Å². The van der Waals surface area contributed by atoms with Crippen LogP contribution in [0.1, 0.15) is 24.0 Å². The molecular formula is C27H33N5O6. The Bertz CT molecular complexity index is 1160. The number of hydrogen-bond acceptors (Lipinski definition) is 6. The molecular weight excluding hydrogens is 490 g/mol. The molecule has 38 heavy (non-hydrogen) atoms. The summed E-state index contributed by atoms with van der Waals surface area (Å²) in [6.07, 6.45) is -0.504. The molecule has 2 heterocycles. The van der Waals surface area contributed by atoms with Crippen LogP contribution < -0.4 is 10.1 Å². The summed E-state index contributed by atoms with van der Waals surface area (Å²) in [5.41, 5.74) is 1.92. The Morgan fingerprint density at radius 2 is 1.76 bits per heavy atom. The number of likely N-dealkylation sites (N-methyl/N-ethyl adjacent to an activating group) is 1. The molecule has 0 aliphatic carbocycles. The number of carboxylic acids is 1. The van der Waals surface area contributed by atoms with Crippen molar-refractivity contribution < 1.29 is 29.0 Å². The van der Waals surface area contributed by atoms with Crippen LogP contribution in [0.4, 0.5) is 4.79 Å². The quantitative estimate of drug-likeness (QED) is 0.511. The van der Waals surface area contributed by atoms with Crippen LogP contribution in [0.3, 0.4) is 0 Å². The number of benzene rings is 2. The topological polar surface area (TPSA) is 123 Å². The molecule has 2 atom stereocenters. The number of rotatable bonds is 9. The summed E-state index contributed by atoms with van der Waals surface area (Å²) < 4.78 is 5.20. The van der Waals surface area contributed by atoms with Crippen molar-refractivity contribution in [1.29, 1.82) is 0 Å². The lowest BCUT2D eigenvalue weighted by Crippen LogP contribution is -2.76. The molecule has 2 aromatic rings. The molecule has 202 valence electrons. The number of hydrogen-bond donors (Lipinski definition) is 2. The van der Waals surface area contributed by atoms with Gasteiger partial charge in [0, 0.05) is 26.6 Å². The molecule has 0 bridgehead atoms. The fourth-order valence-electron chi connectivity index (χ4n) is 4.95. The van der Waals surface area contributed by atoms with Crippen molar-refractivity contribution in [3.63, 3.8) is 0 Å². The van der Waals surface area contributed by atoms with Crippen LogP contribution in [0, 0.1) is 0 Å². The number of hydrazine groups is 1. The lowest BCUT2D eigenvalue weighted by molar-refractivity contribution is -0.187. The van der Waals surface area contributed by atoms with Gasteiger partial charge in [-0.2, -0.15) is 0 Å². The van der Waals surface area contributed by atoms with Crippen LogP contribution in [0.2, 0.25) is 0 Å². The normalized spacial score (nSPS) is 19.8. The van der Waals surface area contributed by atoms with Crippen molar-refractivity contribution in [1.82, 2.24) is 25.1 Å². The number of carbonyl (C=O) groups is 4. The number of methoxy groups -OCH3 is 1. The molecule has 2 N–H and O–H groups in total. The first-order valence-corrected chi connectivity index (χ1v) is 12.5. The van der Waals surface area contributed by atoms with Gasteiger partial charge in [0.15, 0.2) is 0 Å². The van der Waals surface area contributed by atoms with Gasteiger partial charge in [-0.15, -0.1) is 0 Å². The standard InChI is InChI=1S/C27H33N5O6/c1-29-18-24(33)31-22(12-13-25(34)35)26(36)30(15-14-19-8-10-21(38-2)11-9-19)17-23(31)32(29)27(37)28-16-20-6-4-3-5-7-20/h3-11,22-23H,12-18H2,1-2H3,(H,28,37)(H,34,35)/t22-,23?/m0/s1. The number of ether oxygens (including phenoxy) is 1. The van der Waals surface area contributed by atoms with Crippen molar-refractivity contribution in [2.45, 2.75) is 38.0 Å². The van der Waals surface area contributed by atoms with Gasteiger partial charge < -0.3 is 25.0 Å². The van der Waals surface area contributed by atoms with E-state index >= 15 is 0 Å². The number of urea groups is 1. The molecule has 0 saturated carbocycles. The predicted octanol–water partition coefficient (Wildman–Crippen LogP) is 1.54. The average Bonchev–Trinajstić information content (AvgIpc) is 2.91. The van der Waals surface area contributed by atoms with Crippen LogP contribution in [-0.4, -0.2) is 94.7 Å². The highest BCUT2D eigenvalue weighted by Gasteiger charge is 2.50. The third-order valence-corrected chi connectivity index (χ3v) is 6.90. The highest BCUT2D eigenvalue weighted by atomic mass is 16.5. The Kier molecular flexibility index (Phi) is 8.47. The van der Waals surface area contributed by atoms with Gasteiger partial charge in [-0.25, -0.2) is 14.8 Å². The maximum atomic E-state index is 13.5. The number of nitrogens with one attached hydrogen (secondary N) is 1. The Labute approximate surface area is 221 Å². The molecule has 0 radical (unpaired) electrons. The minimum Gasteiger partial charge on any atom is -0.497 e. The maximum Gasteiger partial charge on any atom is 0.334 e. The largest absolute Gasteiger partial charge is 0.497 e. The fourth-order valence-corrected chi connectivity index (χ4v) is 4.95. The smallest absolute Gasteiger partial charge is 0.334 e. The third-order valence-electron chi connectivity index (χ3n) is 6.90. The summed E-state index contributed by atoms with van der Waals surface area (Å²) in [7, 11) is 3.25. The zero-order valence-electron chi connectivity index (χ0n) is 21.6. The monoisotopic (exact) mass is 523 g/mol. The van der Waals surface area contributed by atoms with E-state index < -0.39 is 24.2 Å². The van der Waals surface area contributed by atoms with Gasteiger partial charge in [0.1, 0.15) is 18.0 Å². The number of fused-ring (bicyclic) bond motifs is 1. The van der Waals surface area contributed by atoms with Crippen LogP contribution >= 0.6 is 0 Å². The molecule has 4 rings (SSSR count). The molecule has 2 aliphatic heterocycles. The van der Waals surface area contributed by atoms with Gasteiger partial charge in [-0.05, 0) is 36.1 Å². The molecule has 11 nitrogen and oxygen atoms in total. The summed E-state index contributed by atoms with van der Waals surface area (Å²) in [6.45, 7) is 0.676. The Balaban J connectivity index is 1.56. The highest BCUT2D eigenvalue weighted by molar-refractivity contribution is 5.91. The van der Waals surface area contributed by atoms with E-state index in [9.17, 15) is 24.3 Å². The van der Waals surface area contributed by atoms with E-state index in [4.69, 9.17) is 4.74 Å². The zero-order chi connectivity index (χ0) is 27.2. The van der Waals surface area contributed by atoms with Crippen LogP contribution in [0.15, 0.2) is 54.6 Å². The lowest BCUT2D eigenvalue weighted by atomic mass is 10.0. The molecule has 4 amide bonds. The molecule has 2 fully saturated rings. The minimum absolute atomic E-state index is 0.0291. The predicted molar refractivity (Wildman–Crippen MR) is 138 cm³/mol. The number of carbonyl (C=O) groups excluding carboxylic acids is 3. The Morgan fingerprint density at radius 3 is 2.42 bits per heavy atom. The highest BCUT2D eigenvalue weighted by Crippen LogP contribution is 2.28. The SMILES string of the molecule is COc1ccc(CCN2CC3N(C(=O)CN(C)N3C(=O)NCc3ccccc3)[C@@H](CCC(=O)O)C2=O)cc1. The molecule has 2 aliphatic rings. The molecule has 0 aromatic heterocycles. The Morgan fingerprint density at radius 1 is 1.05 bits per heavy atom. The first-order chi connectivity index (χ1) is 18.3. The summed E-state index contributed by atoms with van der Waals surface area (Å²) in [5, 5.41) is 15.2. The van der Waals surface area contributed by atoms with Crippen molar-refractivity contribution in [2.75, 3.05) is 33.8 Å². The van der Waals surface area contributed by atoms with E-state index in [2.05, 4.69) is 5.32 Å².